The second-order valence-corrected chi connectivity index (χ2v) is 6.66. The number of benzene rings is 1. The molecule has 1 N–H and O–H groups in total. The number of fused-ring (bicyclic) bond motifs is 1. The first-order chi connectivity index (χ1) is 9.86. The molecule has 1 aromatic rings. The molecule has 0 saturated carbocycles. The molecule has 4 heteroatoms. The van der Waals surface area contributed by atoms with E-state index in [0.717, 1.165) is 32.8 Å². The number of thioether (sulfide) groups is 1. The van der Waals surface area contributed by atoms with Crippen LogP contribution < -0.4 is 5.32 Å². The highest BCUT2D eigenvalue weighted by Crippen LogP contribution is 2.35. The van der Waals surface area contributed by atoms with E-state index in [-0.39, 0.29) is 0 Å². The number of likely N-dealkylation sites (N-methyl/N-ethyl adjacent to an activating group) is 1. The number of rotatable bonds is 4. The first-order valence-corrected chi connectivity index (χ1v) is 8.64. The van der Waals surface area contributed by atoms with Crippen LogP contribution in [0.25, 0.3) is 0 Å². The van der Waals surface area contributed by atoms with Crippen LogP contribution in [0.4, 0.5) is 0 Å². The Labute approximate surface area is 126 Å². The summed E-state index contributed by atoms with van der Waals surface area (Å²) in [5, 5.41) is 3.73. The smallest absolute Gasteiger partial charge is 0.0826 e. The molecule has 0 bridgehead atoms. The van der Waals surface area contributed by atoms with Crippen LogP contribution in [0.15, 0.2) is 29.2 Å². The van der Waals surface area contributed by atoms with E-state index in [1.165, 1.54) is 22.6 Å². The molecule has 110 valence electrons. The molecule has 0 spiro atoms. The first-order valence-electron chi connectivity index (χ1n) is 7.66. The maximum Gasteiger partial charge on any atom is 0.0826 e. The third-order valence-corrected chi connectivity index (χ3v) is 5.34. The van der Waals surface area contributed by atoms with Crippen molar-refractivity contribution in [1.29, 1.82) is 0 Å². The molecule has 2 atom stereocenters. The van der Waals surface area contributed by atoms with Crippen LogP contribution >= 0.6 is 11.8 Å². The maximum absolute atomic E-state index is 5.88. The Balaban J connectivity index is 1.56. The largest absolute Gasteiger partial charge is 0.374 e. The molecule has 2 heterocycles. The van der Waals surface area contributed by atoms with Crippen LogP contribution in [-0.2, 0) is 4.74 Å². The number of morpholine rings is 1. The van der Waals surface area contributed by atoms with Crippen LogP contribution in [-0.4, -0.2) is 49.5 Å². The van der Waals surface area contributed by atoms with E-state index in [1.807, 2.05) is 11.8 Å². The molecule has 2 aliphatic heterocycles. The van der Waals surface area contributed by atoms with Gasteiger partial charge in [0.05, 0.1) is 12.7 Å². The molecule has 20 heavy (non-hydrogen) atoms. The molecule has 2 aliphatic rings. The molecule has 3 rings (SSSR count). The van der Waals surface area contributed by atoms with Crippen LogP contribution in [0, 0.1) is 0 Å². The van der Waals surface area contributed by atoms with Crippen molar-refractivity contribution in [1.82, 2.24) is 10.2 Å². The average Bonchev–Trinajstić information content (AvgIpc) is 2.53. The summed E-state index contributed by atoms with van der Waals surface area (Å²) in [4.78, 5) is 3.91. The number of hydrogen-bond donors (Lipinski definition) is 1. The lowest BCUT2D eigenvalue weighted by Crippen LogP contribution is -2.47. The summed E-state index contributed by atoms with van der Waals surface area (Å²) in [5.74, 6) is 1.21. The zero-order valence-electron chi connectivity index (χ0n) is 12.2. The van der Waals surface area contributed by atoms with E-state index in [2.05, 4.69) is 41.4 Å². The van der Waals surface area contributed by atoms with E-state index >= 15 is 0 Å². The highest BCUT2D eigenvalue weighted by molar-refractivity contribution is 7.99. The molecule has 3 nitrogen and oxygen atoms in total. The fraction of sp³-hybridized carbons (Fsp3) is 0.625. The van der Waals surface area contributed by atoms with Crippen LogP contribution in [0.3, 0.4) is 0 Å². The van der Waals surface area contributed by atoms with Crippen molar-refractivity contribution in [3.05, 3.63) is 29.8 Å². The quantitative estimate of drug-likeness (QED) is 0.922. The average molecular weight is 292 g/mol. The summed E-state index contributed by atoms with van der Waals surface area (Å²) >= 11 is 1.98. The fourth-order valence-corrected chi connectivity index (χ4v) is 4.14. The Kier molecular flexibility index (Phi) is 4.99. The summed E-state index contributed by atoms with van der Waals surface area (Å²) in [5.41, 5.74) is 1.46. The fourth-order valence-electron chi connectivity index (χ4n) is 3.02. The summed E-state index contributed by atoms with van der Waals surface area (Å²) < 4.78 is 5.88. The second kappa shape index (κ2) is 6.94. The van der Waals surface area contributed by atoms with Gasteiger partial charge in [-0.2, -0.15) is 0 Å². The Morgan fingerprint density at radius 2 is 2.30 bits per heavy atom. The Morgan fingerprint density at radius 1 is 1.40 bits per heavy atom. The van der Waals surface area contributed by atoms with Crippen molar-refractivity contribution in [2.45, 2.75) is 30.4 Å². The molecule has 1 aromatic carbocycles. The summed E-state index contributed by atoms with van der Waals surface area (Å²) in [6.45, 7) is 7.33. The van der Waals surface area contributed by atoms with Crippen molar-refractivity contribution in [2.24, 2.45) is 0 Å². The van der Waals surface area contributed by atoms with Gasteiger partial charge in [-0.05, 0) is 30.3 Å². The third kappa shape index (κ3) is 3.37. The molecular formula is C16H24N2OS. The van der Waals surface area contributed by atoms with E-state index in [0.29, 0.717) is 12.1 Å². The molecule has 0 aliphatic carbocycles. The Bertz CT molecular complexity index is 440. The van der Waals surface area contributed by atoms with Crippen molar-refractivity contribution in [3.8, 4) is 0 Å². The topological polar surface area (TPSA) is 24.5 Å². The van der Waals surface area contributed by atoms with E-state index in [1.54, 1.807) is 0 Å². The molecular weight excluding hydrogens is 268 g/mol. The summed E-state index contributed by atoms with van der Waals surface area (Å²) in [7, 11) is 0. The minimum atomic E-state index is 0.338. The van der Waals surface area contributed by atoms with Gasteiger partial charge in [0.25, 0.3) is 0 Å². The zero-order valence-corrected chi connectivity index (χ0v) is 13.0. The number of hydrogen-bond acceptors (Lipinski definition) is 4. The Hall–Kier alpha value is -0.550. The number of nitrogens with zero attached hydrogens (tertiary/aromatic N) is 1. The Morgan fingerprint density at radius 3 is 3.20 bits per heavy atom. The van der Waals surface area contributed by atoms with E-state index in [9.17, 15) is 0 Å². The van der Waals surface area contributed by atoms with Gasteiger partial charge in [0.1, 0.15) is 0 Å². The van der Waals surface area contributed by atoms with Gasteiger partial charge in [-0.3, -0.25) is 4.90 Å². The van der Waals surface area contributed by atoms with Crippen LogP contribution in [0.2, 0.25) is 0 Å². The van der Waals surface area contributed by atoms with Crippen molar-refractivity contribution in [3.63, 3.8) is 0 Å². The maximum atomic E-state index is 5.88. The summed E-state index contributed by atoms with van der Waals surface area (Å²) in [6.07, 6.45) is 1.55. The lowest BCUT2D eigenvalue weighted by molar-refractivity contribution is -0.0264. The van der Waals surface area contributed by atoms with Crippen molar-refractivity contribution < 1.29 is 4.74 Å². The van der Waals surface area contributed by atoms with Crippen molar-refractivity contribution in [2.75, 3.05) is 38.5 Å². The number of nitrogens with one attached hydrogen (secondary N) is 1. The lowest BCUT2D eigenvalue weighted by Gasteiger charge is -2.34. The normalized spacial score (nSPS) is 27.2. The predicted molar refractivity (Wildman–Crippen MR) is 84.4 cm³/mol. The van der Waals surface area contributed by atoms with Crippen LogP contribution in [0.1, 0.15) is 24.9 Å². The first kappa shape index (κ1) is 14.4. The van der Waals surface area contributed by atoms with Gasteiger partial charge in [0.15, 0.2) is 0 Å². The molecule has 1 fully saturated rings. The zero-order chi connectivity index (χ0) is 13.8. The highest BCUT2D eigenvalue weighted by Gasteiger charge is 2.23. The van der Waals surface area contributed by atoms with Gasteiger partial charge >= 0.3 is 0 Å². The molecule has 2 unspecified atom stereocenters. The van der Waals surface area contributed by atoms with E-state index in [4.69, 9.17) is 4.74 Å². The molecule has 0 aromatic heterocycles. The third-order valence-electron chi connectivity index (χ3n) is 4.22. The summed E-state index contributed by atoms with van der Waals surface area (Å²) in [6, 6.07) is 9.28. The minimum Gasteiger partial charge on any atom is -0.374 e. The van der Waals surface area contributed by atoms with Gasteiger partial charge in [0.2, 0.25) is 0 Å². The van der Waals surface area contributed by atoms with Crippen LogP contribution in [0.5, 0.6) is 0 Å². The van der Waals surface area contributed by atoms with E-state index < -0.39 is 0 Å². The molecule has 0 amide bonds. The second-order valence-electron chi connectivity index (χ2n) is 5.52. The van der Waals surface area contributed by atoms with Crippen molar-refractivity contribution >= 4 is 11.8 Å². The standard InChI is InChI=1S/C16H24N2OS/c1-2-18-8-9-19-13(12-18)11-17-15-7-10-20-16-6-4-3-5-14(15)16/h3-6,13,15,17H,2,7-12H2,1H3. The lowest BCUT2D eigenvalue weighted by atomic mass is 10.0. The minimum absolute atomic E-state index is 0.338. The van der Waals surface area contributed by atoms with Gasteiger partial charge in [0, 0.05) is 30.6 Å². The van der Waals surface area contributed by atoms with Gasteiger partial charge < -0.3 is 10.1 Å². The van der Waals surface area contributed by atoms with Gasteiger partial charge in [-0.25, -0.2) is 0 Å². The molecule has 0 radical (unpaired) electrons. The molecule has 1 saturated heterocycles. The predicted octanol–water partition coefficient (Wildman–Crippen LogP) is 2.53. The SMILES string of the molecule is CCN1CCOC(CNC2CCSc3ccccc32)C1. The monoisotopic (exact) mass is 292 g/mol. The number of ether oxygens (including phenoxy) is 1. The highest BCUT2D eigenvalue weighted by atomic mass is 32.2. The van der Waals surface area contributed by atoms with Gasteiger partial charge in [-0.1, -0.05) is 25.1 Å². The van der Waals surface area contributed by atoms with Gasteiger partial charge in [-0.15, -0.1) is 11.8 Å².